The second-order valence-corrected chi connectivity index (χ2v) is 3.40. The Morgan fingerprint density at radius 2 is 2.00 bits per heavy atom. The molecule has 0 aliphatic heterocycles. The molecule has 76 valence electrons. The van der Waals surface area contributed by atoms with Gasteiger partial charge in [0.05, 0.1) is 13.1 Å². The first kappa shape index (κ1) is 10.5. The number of carbonyl (C=O) groups excluding carboxylic acids is 1. The Hall–Kier alpha value is -0.580. The highest BCUT2D eigenvalue weighted by Crippen LogP contribution is 2.32. The molecule has 2 nitrogen and oxygen atoms in total. The fourth-order valence-electron chi connectivity index (χ4n) is 1.06. The second kappa shape index (κ2) is 4.09. The Kier molecular flexibility index (Phi) is 3.30. The van der Waals surface area contributed by atoms with Crippen LogP contribution in [-0.2, 0) is 4.79 Å². The molecule has 0 spiro atoms. The summed E-state index contributed by atoms with van der Waals surface area (Å²) in [5, 5.41) is 2.08. The smallest absolute Gasteiger partial charge is 0.302 e. The molecule has 1 aliphatic carbocycles. The van der Waals surface area contributed by atoms with Gasteiger partial charge in [0.2, 0.25) is 0 Å². The Bertz CT molecular complexity index is 186. The normalized spacial score (nSPS) is 17.5. The van der Waals surface area contributed by atoms with Gasteiger partial charge < -0.3 is 5.32 Å². The van der Waals surface area contributed by atoms with E-state index >= 15 is 0 Å². The molecule has 5 heteroatoms. The van der Waals surface area contributed by atoms with Crippen LogP contribution in [0.25, 0.3) is 0 Å². The fourth-order valence-corrected chi connectivity index (χ4v) is 1.06. The maximum Gasteiger partial charge on any atom is 0.401 e. The van der Waals surface area contributed by atoms with Crippen molar-refractivity contribution >= 4 is 5.78 Å². The average Bonchev–Trinajstić information content (AvgIpc) is 2.68. The number of hydrogen-bond donors (Lipinski definition) is 1. The van der Waals surface area contributed by atoms with Gasteiger partial charge in [-0.25, -0.2) is 0 Å². The van der Waals surface area contributed by atoms with E-state index < -0.39 is 12.7 Å². The van der Waals surface area contributed by atoms with Crippen LogP contribution in [0.5, 0.6) is 0 Å². The highest BCUT2D eigenvalue weighted by atomic mass is 19.4. The Balaban J connectivity index is 2.01. The zero-order valence-electron chi connectivity index (χ0n) is 7.16. The SMILES string of the molecule is O=C(CNCC(F)(F)F)CC1CC1. The Morgan fingerprint density at radius 3 is 2.46 bits per heavy atom. The van der Waals surface area contributed by atoms with E-state index in [0.29, 0.717) is 12.3 Å². The third-order valence-electron chi connectivity index (χ3n) is 1.86. The van der Waals surface area contributed by atoms with Gasteiger partial charge >= 0.3 is 6.18 Å². The van der Waals surface area contributed by atoms with Gasteiger partial charge in [-0.1, -0.05) is 0 Å². The van der Waals surface area contributed by atoms with E-state index in [1.54, 1.807) is 0 Å². The fraction of sp³-hybridized carbons (Fsp3) is 0.875. The van der Waals surface area contributed by atoms with Crippen LogP contribution in [0, 0.1) is 5.92 Å². The summed E-state index contributed by atoms with van der Waals surface area (Å²) in [6, 6.07) is 0. The lowest BCUT2D eigenvalue weighted by molar-refractivity contribution is -0.127. The summed E-state index contributed by atoms with van der Waals surface area (Å²) in [6.45, 7) is -1.24. The summed E-state index contributed by atoms with van der Waals surface area (Å²) in [4.78, 5) is 10.9. The van der Waals surface area contributed by atoms with E-state index in [9.17, 15) is 18.0 Å². The van der Waals surface area contributed by atoms with Gasteiger partial charge in [0.1, 0.15) is 5.78 Å². The molecule has 1 N–H and O–H groups in total. The topological polar surface area (TPSA) is 29.1 Å². The van der Waals surface area contributed by atoms with E-state index in [0.717, 1.165) is 12.8 Å². The lowest BCUT2D eigenvalue weighted by Crippen LogP contribution is -2.32. The molecule has 13 heavy (non-hydrogen) atoms. The van der Waals surface area contributed by atoms with E-state index in [2.05, 4.69) is 5.32 Å². The van der Waals surface area contributed by atoms with Crippen LogP contribution in [0.1, 0.15) is 19.3 Å². The minimum atomic E-state index is -4.22. The molecule has 0 aromatic heterocycles. The van der Waals surface area contributed by atoms with Crippen LogP contribution in [0.3, 0.4) is 0 Å². The van der Waals surface area contributed by atoms with Crippen molar-refractivity contribution < 1.29 is 18.0 Å². The highest BCUT2D eigenvalue weighted by molar-refractivity contribution is 5.80. The van der Waals surface area contributed by atoms with Crippen molar-refractivity contribution in [3.63, 3.8) is 0 Å². The predicted molar refractivity (Wildman–Crippen MR) is 41.3 cm³/mol. The van der Waals surface area contributed by atoms with Gasteiger partial charge in [-0.05, 0) is 18.8 Å². The van der Waals surface area contributed by atoms with Gasteiger partial charge in [-0.2, -0.15) is 13.2 Å². The van der Waals surface area contributed by atoms with Crippen LogP contribution in [-0.4, -0.2) is 25.0 Å². The molecular formula is C8H12F3NO. The lowest BCUT2D eigenvalue weighted by Gasteiger charge is -2.06. The summed E-state index contributed by atoms with van der Waals surface area (Å²) < 4.78 is 34.8. The number of nitrogens with one attached hydrogen (secondary N) is 1. The third-order valence-corrected chi connectivity index (χ3v) is 1.86. The van der Waals surface area contributed by atoms with Crippen molar-refractivity contribution in [1.82, 2.24) is 5.32 Å². The van der Waals surface area contributed by atoms with Gasteiger partial charge in [-0.3, -0.25) is 4.79 Å². The van der Waals surface area contributed by atoms with Crippen LogP contribution in [0.15, 0.2) is 0 Å². The number of ketones is 1. The minimum absolute atomic E-state index is 0.119. The predicted octanol–water partition coefficient (Wildman–Crippen LogP) is 1.51. The number of halogens is 3. The molecule has 0 saturated heterocycles. The summed E-state index contributed by atoms with van der Waals surface area (Å²) in [5.41, 5.74) is 0. The zero-order valence-corrected chi connectivity index (χ0v) is 7.16. The van der Waals surface area contributed by atoms with Gasteiger partial charge in [0, 0.05) is 6.42 Å². The summed E-state index contributed by atoms with van der Waals surface area (Å²) in [6.07, 6.45) is -1.69. The van der Waals surface area contributed by atoms with E-state index in [1.807, 2.05) is 0 Å². The van der Waals surface area contributed by atoms with Crippen molar-refractivity contribution in [2.45, 2.75) is 25.4 Å². The van der Waals surface area contributed by atoms with Gasteiger partial charge in [-0.15, -0.1) is 0 Å². The number of Topliss-reactive ketones (excluding diaryl/α,β-unsaturated/α-hetero) is 1. The van der Waals surface area contributed by atoms with Crippen molar-refractivity contribution in [2.75, 3.05) is 13.1 Å². The van der Waals surface area contributed by atoms with Crippen molar-refractivity contribution in [2.24, 2.45) is 5.92 Å². The molecule has 0 unspecified atom stereocenters. The first-order valence-electron chi connectivity index (χ1n) is 4.26. The molecule has 1 saturated carbocycles. The largest absolute Gasteiger partial charge is 0.401 e. The molecule has 1 fully saturated rings. The molecule has 0 radical (unpaired) electrons. The summed E-state index contributed by atoms with van der Waals surface area (Å²) >= 11 is 0. The maximum absolute atomic E-state index is 11.6. The summed E-state index contributed by atoms with van der Waals surface area (Å²) in [7, 11) is 0. The Labute approximate surface area is 74.5 Å². The molecule has 0 bridgehead atoms. The molecule has 1 rings (SSSR count). The lowest BCUT2D eigenvalue weighted by atomic mass is 10.2. The van der Waals surface area contributed by atoms with Crippen molar-refractivity contribution in [1.29, 1.82) is 0 Å². The molecule has 0 aromatic rings. The molecule has 0 atom stereocenters. The molecule has 0 heterocycles. The first-order valence-corrected chi connectivity index (χ1v) is 4.26. The standard InChI is InChI=1S/C8H12F3NO/c9-8(10,11)5-12-4-7(13)3-6-1-2-6/h6,12H,1-5H2. The van der Waals surface area contributed by atoms with E-state index in [1.165, 1.54) is 0 Å². The monoisotopic (exact) mass is 195 g/mol. The van der Waals surface area contributed by atoms with E-state index in [-0.39, 0.29) is 12.3 Å². The van der Waals surface area contributed by atoms with Crippen molar-refractivity contribution in [3.05, 3.63) is 0 Å². The number of carbonyl (C=O) groups is 1. The third kappa shape index (κ3) is 5.63. The molecule has 0 aromatic carbocycles. The average molecular weight is 195 g/mol. The highest BCUT2D eigenvalue weighted by Gasteiger charge is 2.27. The van der Waals surface area contributed by atoms with Gasteiger partial charge in [0.25, 0.3) is 0 Å². The second-order valence-electron chi connectivity index (χ2n) is 3.40. The van der Waals surface area contributed by atoms with E-state index in [4.69, 9.17) is 0 Å². The summed E-state index contributed by atoms with van der Waals surface area (Å²) in [5.74, 6) is 0.326. The molecule has 0 amide bonds. The van der Waals surface area contributed by atoms with Crippen LogP contribution < -0.4 is 5.32 Å². The van der Waals surface area contributed by atoms with Crippen LogP contribution in [0.4, 0.5) is 13.2 Å². The van der Waals surface area contributed by atoms with Crippen LogP contribution >= 0.6 is 0 Å². The van der Waals surface area contributed by atoms with Crippen molar-refractivity contribution in [3.8, 4) is 0 Å². The number of hydrogen-bond acceptors (Lipinski definition) is 2. The zero-order chi connectivity index (χ0) is 9.90. The maximum atomic E-state index is 11.6. The quantitative estimate of drug-likeness (QED) is 0.720. The Morgan fingerprint density at radius 1 is 1.38 bits per heavy atom. The minimum Gasteiger partial charge on any atom is -0.302 e. The van der Waals surface area contributed by atoms with Gasteiger partial charge in [0.15, 0.2) is 0 Å². The molecular weight excluding hydrogens is 183 g/mol. The van der Waals surface area contributed by atoms with Crippen LogP contribution in [0.2, 0.25) is 0 Å². The number of alkyl halides is 3. The number of rotatable bonds is 5. The molecule has 1 aliphatic rings. The first-order chi connectivity index (χ1) is 5.97.